The van der Waals surface area contributed by atoms with Crippen LogP contribution in [0.2, 0.25) is 0 Å². The molecule has 3 aromatic rings. The molecule has 5 N–H and O–H groups in total. The van der Waals surface area contributed by atoms with E-state index in [1.54, 1.807) is 6.20 Å². The van der Waals surface area contributed by atoms with Crippen LogP contribution in [-0.4, -0.2) is 27.0 Å². The van der Waals surface area contributed by atoms with Gasteiger partial charge in [0.25, 0.3) is 0 Å². The highest BCUT2D eigenvalue weighted by Gasteiger charge is 2.14. The third-order valence-electron chi connectivity index (χ3n) is 3.65. The molecule has 0 aliphatic rings. The molecule has 8 heteroatoms. The second-order valence-corrected chi connectivity index (χ2v) is 5.48. The number of aromatic nitrogens is 2. The molecule has 0 bridgehead atoms. The van der Waals surface area contributed by atoms with Crippen molar-refractivity contribution in [3.63, 3.8) is 0 Å². The molecule has 0 aliphatic heterocycles. The summed E-state index contributed by atoms with van der Waals surface area (Å²) in [6.07, 6.45) is 3.12. The number of benzene rings is 2. The molecular formula is C17H18N6O2. The van der Waals surface area contributed by atoms with Gasteiger partial charge in [0.05, 0.1) is 25.1 Å². The monoisotopic (exact) mass is 338 g/mol. The average molecular weight is 338 g/mol. The number of hydrazine groups is 1. The van der Waals surface area contributed by atoms with Gasteiger partial charge in [-0.2, -0.15) is 0 Å². The van der Waals surface area contributed by atoms with Crippen molar-refractivity contribution in [1.29, 1.82) is 0 Å². The third kappa shape index (κ3) is 4.25. The first kappa shape index (κ1) is 16.3. The quantitative estimate of drug-likeness (QED) is 0.544. The lowest BCUT2D eigenvalue weighted by Crippen LogP contribution is -2.51. The van der Waals surface area contributed by atoms with E-state index in [4.69, 9.17) is 5.73 Å². The zero-order valence-corrected chi connectivity index (χ0v) is 13.4. The normalized spacial score (nSPS) is 10.4. The summed E-state index contributed by atoms with van der Waals surface area (Å²) in [5, 5.41) is 5.83. The standard InChI is InChI=1S/C17H18N6O2/c18-16(24)23(22-17(25)20-9-15-8-19-11-21-15)10-12-5-6-13-3-1-2-4-14(13)7-12/h1-8,11H,9-10H2,(H2,18,24)(H,19,21)(H2,20,22,25). The Hall–Kier alpha value is -3.55. The Labute approximate surface area is 144 Å². The fraction of sp³-hybridized carbons (Fsp3) is 0.118. The molecule has 1 heterocycles. The van der Waals surface area contributed by atoms with Crippen LogP contribution in [-0.2, 0) is 13.1 Å². The molecule has 2 aromatic carbocycles. The van der Waals surface area contributed by atoms with Gasteiger partial charge >= 0.3 is 12.1 Å². The van der Waals surface area contributed by atoms with Gasteiger partial charge in [-0.05, 0) is 22.4 Å². The molecular weight excluding hydrogens is 320 g/mol. The zero-order valence-electron chi connectivity index (χ0n) is 13.4. The molecule has 0 saturated heterocycles. The predicted octanol–water partition coefficient (Wildman–Crippen LogP) is 1.86. The van der Waals surface area contributed by atoms with E-state index in [2.05, 4.69) is 20.7 Å². The number of nitrogens with zero attached hydrogens (tertiary/aromatic N) is 2. The van der Waals surface area contributed by atoms with Gasteiger partial charge < -0.3 is 16.0 Å². The molecule has 25 heavy (non-hydrogen) atoms. The highest BCUT2D eigenvalue weighted by Crippen LogP contribution is 2.16. The minimum absolute atomic E-state index is 0.164. The van der Waals surface area contributed by atoms with Gasteiger partial charge in [-0.15, -0.1) is 0 Å². The third-order valence-corrected chi connectivity index (χ3v) is 3.65. The van der Waals surface area contributed by atoms with Crippen molar-refractivity contribution < 1.29 is 9.59 Å². The van der Waals surface area contributed by atoms with Crippen LogP contribution in [0, 0.1) is 0 Å². The van der Waals surface area contributed by atoms with Crippen LogP contribution in [0.3, 0.4) is 0 Å². The number of carbonyl (C=O) groups excluding carboxylic acids is 2. The number of rotatable bonds is 4. The van der Waals surface area contributed by atoms with Gasteiger partial charge in [0.2, 0.25) is 0 Å². The van der Waals surface area contributed by atoms with Gasteiger partial charge in [-0.1, -0.05) is 36.4 Å². The summed E-state index contributed by atoms with van der Waals surface area (Å²) in [5.41, 5.74) is 9.41. The first-order valence-corrected chi connectivity index (χ1v) is 7.68. The van der Waals surface area contributed by atoms with Crippen LogP contribution in [0.4, 0.5) is 9.59 Å². The van der Waals surface area contributed by atoms with Gasteiger partial charge in [0.1, 0.15) is 0 Å². The Morgan fingerprint density at radius 2 is 1.96 bits per heavy atom. The molecule has 0 fully saturated rings. The van der Waals surface area contributed by atoms with Crippen molar-refractivity contribution >= 4 is 22.8 Å². The Kier molecular flexibility index (Phi) is 4.79. The van der Waals surface area contributed by atoms with E-state index in [-0.39, 0.29) is 13.1 Å². The van der Waals surface area contributed by atoms with Crippen LogP contribution in [0.1, 0.15) is 11.3 Å². The number of nitrogens with two attached hydrogens (primary N) is 1. The smallest absolute Gasteiger partial charge is 0.334 e. The van der Waals surface area contributed by atoms with E-state index in [0.29, 0.717) is 0 Å². The lowest BCUT2D eigenvalue weighted by molar-refractivity contribution is 0.170. The first-order valence-electron chi connectivity index (χ1n) is 7.68. The van der Waals surface area contributed by atoms with Crippen molar-refractivity contribution in [1.82, 2.24) is 25.7 Å². The van der Waals surface area contributed by atoms with Gasteiger partial charge in [0.15, 0.2) is 0 Å². The summed E-state index contributed by atoms with van der Waals surface area (Å²) >= 11 is 0. The van der Waals surface area contributed by atoms with E-state index in [1.807, 2.05) is 42.5 Å². The molecule has 0 spiro atoms. The molecule has 4 amide bonds. The molecule has 8 nitrogen and oxygen atoms in total. The number of aromatic amines is 1. The fourth-order valence-corrected chi connectivity index (χ4v) is 2.41. The van der Waals surface area contributed by atoms with Gasteiger partial charge in [-0.3, -0.25) is 0 Å². The maximum absolute atomic E-state index is 11.9. The molecule has 0 unspecified atom stereocenters. The molecule has 0 atom stereocenters. The Morgan fingerprint density at radius 3 is 2.68 bits per heavy atom. The Bertz CT molecular complexity index is 878. The van der Waals surface area contributed by atoms with Crippen LogP contribution in [0.5, 0.6) is 0 Å². The Morgan fingerprint density at radius 1 is 1.16 bits per heavy atom. The topological polar surface area (TPSA) is 116 Å². The highest BCUT2D eigenvalue weighted by molar-refractivity contribution is 5.83. The summed E-state index contributed by atoms with van der Waals surface area (Å²) in [7, 11) is 0. The number of fused-ring (bicyclic) bond motifs is 1. The number of primary amides is 1. The summed E-state index contributed by atoms with van der Waals surface area (Å²) in [6, 6.07) is 12.4. The van der Waals surface area contributed by atoms with E-state index in [1.165, 1.54) is 6.33 Å². The summed E-state index contributed by atoms with van der Waals surface area (Å²) in [4.78, 5) is 30.3. The van der Waals surface area contributed by atoms with E-state index in [0.717, 1.165) is 27.0 Å². The predicted molar refractivity (Wildman–Crippen MR) is 93.0 cm³/mol. The average Bonchev–Trinajstić information content (AvgIpc) is 3.13. The van der Waals surface area contributed by atoms with Crippen molar-refractivity contribution in [3.05, 3.63) is 66.2 Å². The van der Waals surface area contributed by atoms with Gasteiger partial charge in [-0.25, -0.2) is 25.0 Å². The molecule has 1 aromatic heterocycles. The fourth-order valence-electron chi connectivity index (χ4n) is 2.41. The maximum atomic E-state index is 11.9. The van der Waals surface area contributed by atoms with Crippen LogP contribution < -0.4 is 16.5 Å². The molecule has 3 rings (SSSR count). The van der Waals surface area contributed by atoms with Crippen molar-refractivity contribution in [2.75, 3.05) is 0 Å². The summed E-state index contributed by atoms with van der Waals surface area (Å²) < 4.78 is 0. The molecule has 0 aliphatic carbocycles. The lowest BCUT2D eigenvalue weighted by atomic mass is 10.1. The van der Waals surface area contributed by atoms with Crippen molar-refractivity contribution in [3.8, 4) is 0 Å². The van der Waals surface area contributed by atoms with Crippen molar-refractivity contribution in [2.24, 2.45) is 5.73 Å². The second-order valence-electron chi connectivity index (χ2n) is 5.48. The number of urea groups is 2. The Balaban J connectivity index is 1.63. The van der Waals surface area contributed by atoms with Gasteiger partial charge in [0, 0.05) is 6.20 Å². The van der Waals surface area contributed by atoms with E-state index in [9.17, 15) is 9.59 Å². The number of nitrogens with one attached hydrogen (secondary N) is 3. The second kappa shape index (κ2) is 7.35. The SMILES string of the molecule is NC(=O)N(Cc1ccc2ccccc2c1)NC(=O)NCc1cnc[nH]1. The number of imidazole rings is 1. The van der Waals surface area contributed by atoms with E-state index >= 15 is 0 Å². The summed E-state index contributed by atoms with van der Waals surface area (Å²) in [6.45, 7) is 0.423. The van der Waals surface area contributed by atoms with Crippen LogP contribution in [0.25, 0.3) is 10.8 Å². The minimum Gasteiger partial charge on any atom is -0.350 e. The number of H-pyrrole nitrogens is 1. The molecule has 0 saturated carbocycles. The number of hydrogen-bond donors (Lipinski definition) is 4. The zero-order chi connectivity index (χ0) is 17.6. The van der Waals surface area contributed by atoms with Crippen LogP contribution >= 0.6 is 0 Å². The lowest BCUT2D eigenvalue weighted by Gasteiger charge is -2.21. The van der Waals surface area contributed by atoms with E-state index < -0.39 is 12.1 Å². The highest BCUT2D eigenvalue weighted by atomic mass is 16.2. The number of carbonyl (C=O) groups is 2. The first-order chi connectivity index (χ1) is 12.1. The molecule has 0 radical (unpaired) electrons. The minimum atomic E-state index is -0.746. The molecule has 128 valence electrons. The van der Waals surface area contributed by atoms with Crippen LogP contribution in [0.15, 0.2) is 55.0 Å². The number of amides is 4. The summed E-state index contributed by atoms with van der Waals surface area (Å²) in [5.74, 6) is 0. The maximum Gasteiger partial charge on any atom is 0.334 e. The number of hydrogen-bond acceptors (Lipinski definition) is 3. The van der Waals surface area contributed by atoms with Crippen molar-refractivity contribution in [2.45, 2.75) is 13.1 Å². The largest absolute Gasteiger partial charge is 0.350 e.